The van der Waals surface area contributed by atoms with Gasteiger partial charge < -0.3 is 18.9 Å². The summed E-state index contributed by atoms with van der Waals surface area (Å²) >= 11 is 6.03. The van der Waals surface area contributed by atoms with E-state index in [4.69, 9.17) is 30.5 Å². The normalized spacial score (nSPS) is 10.6. The van der Waals surface area contributed by atoms with Gasteiger partial charge in [-0.05, 0) is 25.1 Å². The Hall–Kier alpha value is -1.14. The summed E-state index contributed by atoms with van der Waals surface area (Å²) in [6.07, 6.45) is 0. The molecule has 0 saturated carbocycles. The van der Waals surface area contributed by atoms with Gasteiger partial charge in [-0.2, -0.15) is 0 Å². The molecule has 0 aliphatic rings. The number of carbonyl (C=O) groups is 1. The van der Waals surface area contributed by atoms with Crippen molar-refractivity contribution in [3.63, 3.8) is 0 Å². The number of benzene rings is 1. The topological polar surface area (TPSA) is 54.0 Å². The average Bonchev–Trinajstić information content (AvgIpc) is 2.46. The molecule has 1 aromatic rings. The molecule has 21 heavy (non-hydrogen) atoms. The standard InChI is InChI=1S/C15H21ClO5/c1-12(17)13-3-4-15(14(16)11-13)21-10-9-20-8-7-19-6-5-18-2/h3-4,11H,5-10H2,1-2H3. The van der Waals surface area contributed by atoms with Crippen LogP contribution in [-0.2, 0) is 14.2 Å². The van der Waals surface area contributed by atoms with Crippen LogP contribution in [-0.4, -0.2) is 52.5 Å². The molecule has 0 heterocycles. The molecule has 1 rings (SSSR count). The fourth-order valence-electron chi connectivity index (χ4n) is 1.51. The second kappa shape index (κ2) is 10.6. The Labute approximate surface area is 130 Å². The minimum absolute atomic E-state index is 0.0275. The van der Waals surface area contributed by atoms with Gasteiger partial charge in [-0.1, -0.05) is 11.6 Å². The summed E-state index contributed by atoms with van der Waals surface area (Å²) in [5.74, 6) is 0.516. The summed E-state index contributed by atoms with van der Waals surface area (Å²) in [6, 6.07) is 4.98. The molecule has 0 saturated heterocycles. The van der Waals surface area contributed by atoms with Crippen LogP contribution in [0.2, 0.25) is 5.02 Å². The fourth-order valence-corrected chi connectivity index (χ4v) is 1.75. The summed E-state index contributed by atoms with van der Waals surface area (Å²) in [5.41, 5.74) is 0.566. The third-order valence-corrected chi connectivity index (χ3v) is 2.92. The molecule has 0 spiro atoms. The maximum Gasteiger partial charge on any atom is 0.159 e. The van der Waals surface area contributed by atoms with Crippen molar-refractivity contribution in [2.75, 3.05) is 46.8 Å². The second-order valence-corrected chi connectivity index (χ2v) is 4.67. The zero-order valence-electron chi connectivity index (χ0n) is 12.4. The quantitative estimate of drug-likeness (QED) is 0.464. The number of hydrogen-bond acceptors (Lipinski definition) is 5. The van der Waals surface area contributed by atoms with Crippen molar-refractivity contribution in [3.8, 4) is 5.75 Å². The number of Topliss-reactive ketones (excluding diaryl/α,β-unsaturated/α-hetero) is 1. The number of halogens is 1. The Morgan fingerprint density at radius 3 is 2.24 bits per heavy atom. The van der Waals surface area contributed by atoms with E-state index in [9.17, 15) is 4.79 Å². The minimum Gasteiger partial charge on any atom is -0.490 e. The first kappa shape index (κ1) is 17.9. The molecule has 0 aliphatic carbocycles. The van der Waals surface area contributed by atoms with Crippen LogP contribution in [0, 0.1) is 0 Å². The van der Waals surface area contributed by atoms with E-state index in [2.05, 4.69) is 0 Å². The van der Waals surface area contributed by atoms with Crippen LogP contribution in [0.4, 0.5) is 0 Å². The van der Waals surface area contributed by atoms with Gasteiger partial charge in [-0.15, -0.1) is 0 Å². The largest absolute Gasteiger partial charge is 0.490 e. The van der Waals surface area contributed by atoms with E-state index in [1.807, 2.05) is 0 Å². The molecule has 0 unspecified atom stereocenters. The predicted octanol–water partition coefficient (Wildman–Crippen LogP) is 2.60. The smallest absolute Gasteiger partial charge is 0.159 e. The minimum atomic E-state index is -0.0275. The highest BCUT2D eigenvalue weighted by molar-refractivity contribution is 6.32. The first-order chi connectivity index (χ1) is 10.1. The van der Waals surface area contributed by atoms with Crippen LogP contribution in [0.5, 0.6) is 5.75 Å². The lowest BCUT2D eigenvalue weighted by Gasteiger charge is -2.09. The van der Waals surface area contributed by atoms with Crippen molar-refractivity contribution < 1.29 is 23.7 Å². The van der Waals surface area contributed by atoms with Crippen molar-refractivity contribution in [2.45, 2.75) is 6.92 Å². The van der Waals surface area contributed by atoms with Gasteiger partial charge in [-0.3, -0.25) is 4.79 Å². The second-order valence-electron chi connectivity index (χ2n) is 4.27. The maximum atomic E-state index is 11.2. The first-order valence-corrected chi connectivity index (χ1v) is 7.10. The maximum absolute atomic E-state index is 11.2. The predicted molar refractivity (Wildman–Crippen MR) is 80.5 cm³/mol. The summed E-state index contributed by atoms with van der Waals surface area (Å²) in [5, 5.41) is 0.422. The molecule has 0 fully saturated rings. The van der Waals surface area contributed by atoms with Gasteiger partial charge >= 0.3 is 0 Å². The zero-order chi connectivity index (χ0) is 15.5. The van der Waals surface area contributed by atoms with E-state index in [-0.39, 0.29) is 5.78 Å². The lowest BCUT2D eigenvalue weighted by molar-refractivity contribution is 0.0180. The molecule has 1 aromatic carbocycles. The molecule has 6 heteroatoms. The van der Waals surface area contributed by atoms with Gasteiger partial charge in [0.05, 0.1) is 38.1 Å². The molecular weight excluding hydrogens is 296 g/mol. The Bertz CT molecular complexity index is 436. The molecule has 0 amide bonds. The van der Waals surface area contributed by atoms with Gasteiger partial charge in [0.1, 0.15) is 12.4 Å². The molecule has 0 aliphatic heterocycles. The van der Waals surface area contributed by atoms with E-state index < -0.39 is 0 Å². The number of carbonyl (C=O) groups excluding carboxylic acids is 1. The molecule has 0 atom stereocenters. The number of ketones is 1. The zero-order valence-corrected chi connectivity index (χ0v) is 13.1. The van der Waals surface area contributed by atoms with Crippen molar-refractivity contribution >= 4 is 17.4 Å². The van der Waals surface area contributed by atoms with Crippen LogP contribution in [0.1, 0.15) is 17.3 Å². The molecule has 5 nitrogen and oxygen atoms in total. The van der Waals surface area contributed by atoms with Crippen molar-refractivity contribution in [1.82, 2.24) is 0 Å². The molecule has 0 radical (unpaired) electrons. The summed E-state index contributed by atoms with van der Waals surface area (Å²) in [6.45, 7) is 4.50. The van der Waals surface area contributed by atoms with E-state index in [1.54, 1.807) is 25.3 Å². The molecule has 0 bridgehead atoms. The third kappa shape index (κ3) is 7.43. The van der Waals surface area contributed by atoms with Crippen molar-refractivity contribution in [2.24, 2.45) is 0 Å². The lowest BCUT2D eigenvalue weighted by Crippen LogP contribution is -2.12. The monoisotopic (exact) mass is 316 g/mol. The Kier molecular flexibility index (Phi) is 9.01. The highest BCUT2D eigenvalue weighted by atomic mass is 35.5. The van der Waals surface area contributed by atoms with Gasteiger partial charge in [0.25, 0.3) is 0 Å². The number of hydrogen-bond donors (Lipinski definition) is 0. The lowest BCUT2D eigenvalue weighted by atomic mass is 10.1. The van der Waals surface area contributed by atoms with Gasteiger partial charge in [0, 0.05) is 12.7 Å². The van der Waals surface area contributed by atoms with Gasteiger partial charge in [-0.25, -0.2) is 0 Å². The van der Waals surface area contributed by atoms with E-state index in [0.717, 1.165) is 0 Å². The van der Waals surface area contributed by atoms with Crippen molar-refractivity contribution in [1.29, 1.82) is 0 Å². The Balaban J connectivity index is 2.14. The van der Waals surface area contributed by atoms with E-state index >= 15 is 0 Å². The number of methoxy groups -OCH3 is 1. The van der Waals surface area contributed by atoms with Crippen molar-refractivity contribution in [3.05, 3.63) is 28.8 Å². The Morgan fingerprint density at radius 1 is 1.05 bits per heavy atom. The van der Waals surface area contributed by atoms with E-state index in [0.29, 0.717) is 56.0 Å². The van der Waals surface area contributed by atoms with Crippen LogP contribution in [0.15, 0.2) is 18.2 Å². The Morgan fingerprint density at radius 2 is 1.67 bits per heavy atom. The number of rotatable bonds is 11. The van der Waals surface area contributed by atoms with Crippen LogP contribution < -0.4 is 4.74 Å². The highest BCUT2D eigenvalue weighted by Crippen LogP contribution is 2.25. The molecule has 0 N–H and O–H groups in total. The fraction of sp³-hybridized carbons (Fsp3) is 0.533. The van der Waals surface area contributed by atoms with Crippen LogP contribution in [0.3, 0.4) is 0 Å². The van der Waals surface area contributed by atoms with Gasteiger partial charge in [0.15, 0.2) is 5.78 Å². The SMILES string of the molecule is COCCOCCOCCOc1ccc(C(C)=O)cc1Cl. The first-order valence-electron chi connectivity index (χ1n) is 6.73. The van der Waals surface area contributed by atoms with E-state index in [1.165, 1.54) is 6.92 Å². The van der Waals surface area contributed by atoms with Gasteiger partial charge in [0.2, 0.25) is 0 Å². The van der Waals surface area contributed by atoms with Crippen LogP contribution >= 0.6 is 11.6 Å². The molecule has 118 valence electrons. The molecular formula is C15H21ClO5. The third-order valence-electron chi connectivity index (χ3n) is 2.63. The highest BCUT2D eigenvalue weighted by Gasteiger charge is 2.05. The van der Waals surface area contributed by atoms with Crippen LogP contribution in [0.25, 0.3) is 0 Å². The summed E-state index contributed by atoms with van der Waals surface area (Å²) < 4.78 is 20.9. The average molecular weight is 317 g/mol. The number of ether oxygens (including phenoxy) is 4. The summed E-state index contributed by atoms with van der Waals surface area (Å²) in [7, 11) is 1.63. The molecule has 0 aromatic heterocycles. The summed E-state index contributed by atoms with van der Waals surface area (Å²) in [4.78, 5) is 11.2.